The second kappa shape index (κ2) is 11.0. The first-order valence-electron chi connectivity index (χ1n) is 10.9. The van der Waals surface area contributed by atoms with Crippen LogP contribution in [-0.2, 0) is 19.6 Å². The van der Waals surface area contributed by atoms with Crippen LogP contribution in [0, 0.1) is 25.5 Å². The van der Waals surface area contributed by atoms with E-state index in [1.165, 1.54) is 0 Å². The number of para-hydroxylation sites is 1. The fraction of sp³-hybridized carbons (Fsp3) is 0.391. The summed E-state index contributed by atoms with van der Waals surface area (Å²) in [6.07, 6.45) is -0.0735. The zero-order chi connectivity index (χ0) is 24.9. The second-order valence-corrected chi connectivity index (χ2v) is 9.96. The van der Waals surface area contributed by atoms with Crippen LogP contribution in [0.5, 0.6) is 0 Å². The molecule has 1 heterocycles. The SMILES string of the molecule is Cc1cccc(C)c1NC(=O)CN1CCN(C(=O)CCNS(=O)(=O)c2ccc(F)c(F)c2)CC1. The highest BCUT2D eigenvalue weighted by atomic mass is 32.2. The zero-order valence-electron chi connectivity index (χ0n) is 19.1. The summed E-state index contributed by atoms with van der Waals surface area (Å²) in [6.45, 7) is 5.80. The molecule has 8 nitrogen and oxygen atoms in total. The average Bonchev–Trinajstić information content (AvgIpc) is 2.78. The summed E-state index contributed by atoms with van der Waals surface area (Å²) in [5, 5.41) is 2.95. The van der Waals surface area contributed by atoms with Crippen LogP contribution in [0.3, 0.4) is 0 Å². The maximum atomic E-state index is 13.3. The summed E-state index contributed by atoms with van der Waals surface area (Å²) in [4.78, 5) is 28.1. The first kappa shape index (κ1) is 25.7. The quantitative estimate of drug-likeness (QED) is 0.585. The number of sulfonamides is 1. The Kier molecular flexibility index (Phi) is 8.34. The molecule has 2 N–H and O–H groups in total. The molecule has 2 aromatic carbocycles. The van der Waals surface area contributed by atoms with Gasteiger partial charge in [-0.25, -0.2) is 21.9 Å². The van der Waals surface area contributed by atoms with Gasteiger partial charge < -0.3 is 10.2 Å². The van der Waals surface area contributed by atoms with Crippen LogP contribution in [0.2, 0.25) is 0 Å². The molecule has 0 atom stereocenters. The van der Waals surface area contributed by atoms with Crippen molar-refractivity contribution in [2.45, 2.75) is 25.2 Å². The fourth-order valence-electron chi connectivity index (χ4n) is 3.73. The number of amides is 2. The van der Waals surface area contributed by atoms with Gasteiger partial charge in [-0.05, 0) is 43.2 Å². The molecule has 3 rings (SSSR count). The summed E-state index contributed by atoms with van der Waals surface area (Å²) in [6, 6.07) is 8.09. The molecule has 1 fully saturated rings. The van der Waals surface area contributed by atoms with E-state index in [2.05, 4.69) is 10.0 Å². The second-order valence-electron chi connectivity index (χ2n) is 8.20. The molecule has 1 aliphatic heterocycles. The Balaban J connectivity index is 1.42. The van der Waals surface area contributed by atoms with Gasteiger partial charge >= 0.3 is 0 Å². The van der Waals surface area contributed by atoms with Crippen molar-refractivity contribution < 1.29 is 26.8 Å². The van der Waals surface area contributed by atoms with Crippen molar-refractivity contribution in [3.63, 3.8) is 0 Å². The Hall–Kier alpha value is -2.89. The van der Waals surface area contributed by atoms with E-state index in [1.807, 2.05) is 36.9 Å². The van der Waals surface area contributed by atoms with Crippen LogP contribution < -0.4 is 10.0 Å². The number of piperazine rings is 1. The van der Waals surface area contributed by atoms with Crippen LogP contribution in [0.1, 0.15) is 17.5 Å². The maximum Gasteiger partial charge on any atom is 0.240 e. The standard InChI is InChI=1S/C23H28F2N4O4S/c1-16-4-3-5-17(2)23(16)27-21(30)15-28-10-12-29(13-11-28)22(31)8-9-26-34(32,33)18-6-7-19(24)20(25)14-18/h3-7,14,26H,8-13,15H2,1-2H3,(H,27,30). The van der Waals surface area contributed by atoms with Crippen LogP contribution in [-0.4, -0.2) is 69.3 Å². The Morgan fingerprint density at radius 1 is 0.971 bits per heavy atom. The number of nitrogens with one attached hydrogen (secondary N) is 2. The van der Waals surface area contributed by atoms with E-state index in [1.54, 1.807) is 4.90 Å². The van der Waals surface area contributed by atoms with E-state index in [4.69, 9.17) is 0 Å². The lowest BCUT2D eigenvalue weighted by Crippen LogP contribution is -2.50. The number of carbonyl (C=O) groups excluding carboxylic acids is 2. The molecule has 0 aliphatic carbocycles. The molecule has 1 saturated heterocycles. The van der Waals surface area contributed by atoms with Gasteiger partial charge in [-0.15, -0.1) is 0 Å². The molecule has 0 bridgehead atoms. The molecule has 0 spiro atoms. The third-order valence-corrected chi connectivity index (χ3v) is 7.13. The Morgan fingerprint density at radius 2 is 1.62 bits per heavy atom. The van der Waals surface area contributed by atoms with Gasteiger partial charge in [-0.1, -0.05) is 18.2 Å². The first-order chi connectivity index (χ1) is 16.1. The van der Waals surface area contributed by atoms with Crippen LogP contribution in [0.25, 0.3) is 0 Å². The van der Waals surface area contributed by atoms with Crippen molar-refractivity contribution in [1.82, 2.24) is 14.5 Å². The fourth-order valence-corrected chi connectivity index (χ4v) is 4.77. The molecule has 34 heavy (non-hydrogen) atoms. The monoisotopic (exact) mass is 494 g/mol. The lowest BCUT2D eigenvalue weighted by atomic mass is 10.1. The highest BCUT2D eigenvalue weighted by molar-refractivity contribution is 7.89. The van der Waals surface area contributed by atoms with Crippen molar-refractivity contribution in [2.24, 2.45) is 0 Å². The van der Waals surface area contributed by atoms with Crippen molar-refractivity contribution in [3.8, 4) is 0 Å². The Bertz CT molecular complexity index is 1150. The summed E-state index contributed by atoms with van der Waals surface area (Å²) < 4.78 is 52.9. The van der Waals surface area contributed by atoms with Gasteiger partial charge in [0.15, 0.2) is 11.6 Å². The van der Waals surface area contributed by atoms with Gasteiger partial charge in [0.25, 0.3) is 0 Å². The minimum absolute atomic E-state index is 0.0735. The van der Waals surface area contributed by atoms with E-state index in [-0.39, 0.29) is 31.3 Å². The van der Waals surface area contributed by atoms with E-state index >= 15 is 0 Å². The summed E-state index contributed by atoms with van der Waals surface area (Å²) in [7, 11) is -4.06. The summed E-state index contributed by atoms with van der Waals surface area (Å²) in [5.74, 6) is -2.76. The maximum absolute atomic E-state index is 13.3. The number of benzene rings is 2. The Morgan fingerprint density at radius 3 is 2.24 bits per heavy atom. The smallest absolute Gasteiger partial charge is 0.240 e. The molecular weight excluding hydrogens is 466 g/mol. The molecule has 0 saturated carbocycles. The molecule has 2 amide bonds. The van der Waals surface area contributed by atoms with Crippen molar-refractivity contribution >= 4 is 27.5 Å². The van der Waals surface area contributed by atoms with Crippen LogP contribution in [0.4, 0.5) is 14.5 Å². The number of hydrogen-bond donors (Lipinski definition) is 2. The van der Waals surface area contributed by atoms with Crippen molar-refractivity contribution in [3.05, 3.63) is 59.2 Å². The van der Waals surface area contributed by atoms with Gasteiger partial charge in [0, 0.05) is 44.8 Å². The molecule has 184 valence electrons. The topological polar surface area (TPSA) is 98.8 Å². The molecule has 0 unspecified atom stereocenters. The van der Waals surface area contributed by atoms with Gasteiger partial charge in [0.2, 0.25) is 21.8 Å². The number of hydrogen-bond acceptors (Lipinski definition) is 5. The molecule has 0 aromatic heterocycles. The predicted molar refractivity (Wildman–Crippen MR) is 124 cm³/mol. The minimum Gasteiger partial charge on any atom is -0.340 e. The van der Waals surface area contributed by atoms with E-state index in [0.29, 0.717) is 32.2 Å². The zero-order valence-corrected chi connectivity index (χ0v) is 19.9. The van der Waals surface area contributed by atoms with E-state index in [9.17, 15) is 26.8 Å². The average molecular weight is 495 g/mol. The third-order valence-electron chi connectivity index (χ3n) is 5.67. The number of aryl methyl sites for hydroxylation is 2. The van der Waals surface area contributed by atoms with Crippen molar-refractivity contribution in [2.75, 3.05) is 44.6 Å². The molecule has 1 aliphatic rings. The van der Waals surface area contributed by atoms with Crippen molar-refractivity contribution in [1.29, 1.82) is 0 Å². The molecule has 2 aromatic rings. The molecule has 0 radical (unpaired) electrons. The minimum atomic E-state index is -4.06. The number of anilines is 1. The van der Waals surface area contributed by atoms with E-state index < -0.39 is 26.6 Å². The predicted octanol–water partition coefficient (Wildman–Crippen LogP) is 2.03. The molecular formula is C23H28F2N4O4S. The Labute approximate surface area is 198 Å². The highest BCUT2D eigenvalue weighted by Crippen LogP contribution is 2.19. The van der Waals surface area contributed by atoms with Gasteiger partial charge in [-0.2, -0.15) is 0 Å². The van der Waals surface area contributed by atoms with Gasteiger partial charge in [-0.3, -0.25) is 14.5 Å². The number of halogens is 2. The lowest BCUT2D eigenvalue weighted by molar-refractivity contribution is -0.132. The van der Waals surface area contributed by atoms with E-state index in [0.717, 1.165) is 28.9 Å². The number of rotatable bonds is 8. The number of nitrogens with zero attached hydrogens (tertiary/aromatic N) is 2. The first-order valence-corrected chi connectivity index (χ1v) is 12.4. The summed E-state index contributed by atoms with van der Waals surface area (Å²) >= 11 is 0. The lowest BCUT2D eigenvalue weighted by Gasteiger charge is -2.34. The highest BCUT2D eigenvalue weighted by Gasteiger charge is 2.23. The summed E-state index contributed by atoms with van der Waals surface area (Å²) in [5.41, 5.74) is 2.79. The normalized spacial score (nSPS) is 14.8. The molecule has 11 heteroatoms. The number of carbonyl (C=O) groups is 2. The largest absolute Gasteiger partial charge is 0.340 e. The third kappa shape index (κ3) is 6.58. The van der Waals surface area contributed by atoms with Gasteiger partial charge in [0.1, 0.15) is 0 Å². The van der Waals surface area contributed by atoms with Gasteiger partial charge in [0.05, 0.1) is 11.4 Å². The van der Waals surface area contributed by atoms with Crippen LogP contribution in [0.15, 0.2) is 41.3 Å². The van der Waals surface area contributed by atoms with Crippen LogP contribution >= 0.6 is 0 Å².